The van der Waals surface area contributed by atoms with Crippen LogP contribution in [0, 0.1) is 0 Å². The highest BCUT2D eigenvalue weighted by molar-refractivity contribution is 7.07. The lowest BCUT2D eigenvalue weighted by Crippen LogP contribution is -2.38. The molecular weight excluding hydrogens is 294 g/mol. The Labute approximate surface area is 136 Å². The summed E-state index contributed by atoms with van der Waals surface area (Å²) in [6, 6.07) is 2.18. The normalized spacial score (nSPS) is 13.2. The fourth-order valence-electron chi connectivity index (χ4n) is 2.26. The van der Waals surface area contributed by atoms with Gasteiger partial charge in [-0.3, -0.25) is 9.67 Å². The second-order valence-electron chi connectivity index (χ2n) is 5.53. The summed E-state index contributed by atoms with van der Waals surface area (Å²) < 4.78 is 1.83. The summed E-state index contributed by atoms with van der Waals surface area (Å²) in [6.07, 6.45) is 3.93. The van der Waals surface area contributed by atoms with Crippen LogP contribution in [-0.2, 0) is 13.6 Å². The van der Waals surface area contributed by atoms with Gasteiger partial charge in [0.15, 0.2) is 5.96 Å². The third-order valence-electron chi connectivity index (χ3n) is 3.50. The molecule has 0 fully saturated rings. The Balaban J connectivity index is 1.99. The van der Waals surface area contributed by atoms with Crippen LogP contribution in [0.3, 0.4) is 0 Å². The molecule has 1 N–H and O–H groups in total. The highest BCUT2D eigenvalue weighted by Gasteiger charge is 2.10. The number of hydrogen-bond acceptors (Lipinski definition) is 3. The molecule has 0 aliphatic rings. The van der Waals surface area contributed by atoms with Gasteiger partial charge in [-0.2, -0.15) is 16.4 Å². The molecule has 2 aromatic heterocycles. The largest absolute Gasteiger partial charge is 0.357 e. The van der Waals surface area contributed by atoms with E-state index in [9.17, 15) is 0 Å². The minimum absolute atomic E-state index is 0.437. The number of guanidine groups is 1. The van der Waals surface area contributed by atoms with Crippen LogP contribution in [0.5, 0.6) is 0 Å². The summed E-state index contributed by atoms with van der Waals surface area (Å²) in [7, 11) is 4.00. The maximum Gasteiger partial charge on any atom is 0.193 e. The lowest BCUT2D eigenvalue weighted by molar-refractivity contribution is 0.475. The van der Waals surface area contributed by atoms with Crippen LogP contribution < -0.4 is 5.32 Å². The van der Waals surface area contributed by atoms with Gasteiger partial charge in [-0.15, -0.1) is 0 Å². The van der Waals surface area contributed by atoms with Crippen molar-refractivity contribution in [3.8, 4) is 0 Å². The van der Waals surface area contributed by atoms with E-state index in [0.29, 0.717) is 5.92 Å². The minimum atomic E-state index is 0.437. The molecule has 6 heteroatoms. The lowest BCUT2D eigenvalue weighted by Gasteiger charge is -2.22. The van der Waals surface area contributed by atoms with E-state index >= 15 is 0 Å². The maximum absolute atomic E-state index is 4.78. The molecule has 120 valence electrons. The zero-order chi connectivity index (χ0) is 15.9. The first-order valence-corrected chi connectivity index (χ1v) is 8.53. The molecule has 0 spiro atoms. The smallest absolute Gasteiger partial charge is 0.193 e. The van der Waals surface area contributed by atoms with Gasteiger partial charge in [0.2, 0.25) is 0 Å². The zero-order valence-corrected chi connectivity index (χ0v) is 14.6. The predicted molar refractivity (Wildman–Crippen MR) is 93.4 cm³/mol. The summed E-state index contributed by atoms with van der Waals surface area (Å²) in [5, 5.41) is 11.9. The molecule has 5 nitrogen and oxygen atoms in total. The monoisotopic (exact) mass is 319 g/mol. The molecule has 0 saturated heterocycles. The SMILES string of the molecule is CCNC(=NCC(C)c1ccsc1)N(C)Cc1cnn(C)c1. The van der Waals surface area contributed by atoms with Crippen LogP contribution in [-0.4, -0.2) is 40.8 Å². The number of hydrogen-bond donors (Lipinski definition) is 1. The van der Waals surface area contributed by atoms with Gasteiger partial charge >= 0.3 is 0 Å². The first-order chi connectivity index (χ1) is 10.6. The Morgan fingerprint density at radius 2 is 2.36 bits per heavy atom. The second-order valence-corrected chi connectivity index (χ2v) is 6.31. The van der Waals surface area contributed by atoms with Crippen molar-refractivity contribution < 1.29 is 0 Å². The van der Waals surface area contributed by atoms with Crippen LogP contribution in [0.2, 0.25) is 0 Å². The van der Waals surface area contributed by atoms with Gasteiger partial charge in [-0.05, 0) is 29.3 Å². The molecule has 0 amide bonds. The van der Waals surface area contributed by atoms with Crippen LogP contribution >= 0.6 is 11.3 Å². The van der Waals surface area contributed by atoms with Crippen molar-refractivity contribution in [3.05, 3.63) is 40.3 Å². The number of aryl methyl sites for hydroxylation is 1. The number of nitrogens with zero attached hydrogens (tertiary/aromatic N) is 4. The van der Waals surface area contributed by atoms with Crippen molar-refractivity contribution in [2.24, 2.45) is 12.0 Å². The van der Waals surface area contributed by atoms with E-state index in [1.165, 1.54) is 11.1 Å². The van der Waals surface area contributed by atoms with E-state index in [2.05, 4.69) is 53.0 Å². The minimum Gasteiger partial charge on any atom is -0.357 e. The second kappa shape index (κ2) is 7.98. The summed E-state index contributed by atoms with van der Waals surface area (Å²) in [4.78, 5) is 6.92. The maximum atomic E-state index is 4.78. The molecule has 0 aliphatic carbocycles. The topological polar surface area (TPSA) is 45.5 Å². The Morgan fingerprint density at radius 1 is 1.55 bits per heavy atom. The van der Waals surface area contributed by atoms with Crippen molar-refractivity contribution in [1.82, 2.24) is 20.0 Å². The molecule has 0 radical (unpaired) electrons. The van der Waals surface area contributed by atoms with Crippen molar-refractivity contribution in [1.29, 1.82) is 0 Å². The molecule has 2 heterocycles. The van der Waals surface area contributed by atoms with Gasteiger partial charge in [0.25, 0.3) is 0 Å². The summed E-state index contributed by atoms with van der Waals surface area (Å²) >= 11 is 1.74. The van der Waals surface area contributed by atoms with E-state index < -0.39 is 0 Å². The molecular formula is C16H25N5S. The lowest BCUT2D eigenvalue weighted by atomic mass is 10.1. The van der Waals surface area contributed by atoms with E-state index in [1.54, 1.807) is 11.3 Å². The Hall–Kier alpha value is -1.82. The molecule has 2 aromatic rings. The van der Waals surface area contributed by atoms with Crippen LogP contribution in [0.15, 0.2) is 34.2 Å². The van der Waals surface area contributed by atoms with Gasteiger partial charge in [0.1, 0.15) is 0 Å². The number of aromatic nitrogens is 2. The Kier molecular flexibility index (Phi) is 6.00. The molecule has 0 bridgehead atoms. The molecule has 1 unspecified atom stereocenters. The van der Waals surface area contributed by atoms with E-state index in [0.717, 1.165) is 25.6 Å². The van der Waals surface area contributed by atoms with Crippen molar-refractivity contribution in [2.45, 2.75) is 26.3 Å². The fraction of sp³-hybridized carbons (Fsp3) is 0.500. The summed E-state index contributed by atoms with van der Waals surface area (Å²) in [5.74, 6) is 1.38. The molecule has 0 aromatic carbocycles. The predicted octanol–water partition coefficient (Wildman–Crippen LogP) is 2.68. The molecule has 0 aliphatic heterocycles. The quantitative estimate of drug-likeness (QED) is 0.658. The summed E-state index contributed by atoms with van der Waals surface area (Å²) in [6.45, 7) is 6.76. The highest BCUT2D eigenvalue weighted by Crippen LogP contribution is 2.18. The number of rotatable bonds is 6. The first-order valence-electron chi connectivity index (χ1n) is 7.59. The van der Waals surface area contributed by atoms with Gasteiger partial charge in [0, 0.05) is 51.4 Å². The van der Waals surface area contributed by atoms with E-state index in [-0.39, 0.29) is 0 Å². The van der Waals surface area contributed by atoms with Gasteiger partial charge in [-0.25, -0.2) is 0 Å². The van der Waals surface area contributed by atoms with Gasteiger partial charge < -0.3 is 10.2 Å². The Bertz CT molecular complexity index is 587. The average Bonchev–Trinajstić information content (AvgIpc) is 3.14. The van der Waals surface area contributed by atoms with Crippen molar-refractivity contribution >= 4 is 17.3 Å². The van der Waals surface area contributed by atoms with E-state index in [1.807, 2.05) is 24.1 Å². The van der Waals surface area contributed by atoms with Crippen LogP contribution in [0.1, 0.15) is 30.9 Å². The average molecular weight is 319 g/mol. The van der Waals surface area contributed by atoms with Gasteiger partial charge in [-0.1, -0.05) is 6.92 Å². The molecule has 0 saturated carbocycles. The molecule has 1 atom stereocenters. The summed E-state index contributed by atoms with van der Waals surface area (Å²) in [5.41, 5.74) is 2.54. The van der Waals surface area contributed by atoms with E-state index in [4.69, 9.17) is 4.99 Å². The van der Waals surface area contributed by atoms with Crippen molar-refractivity contribution in [2.75, 3.05) is 20.1 Å². The fourth-order valence-corrected chi connectivity index (χ4v) is 3.04. The first kappa shape index (κ1) is 16.5. The molecule has 22 heavy (non-hydrogen) atoms. The number of thiophene rings is 1. The molecule has 2 rings (SSSR count). The Morgan fingerprint density at radius 3 is 2.95 bits per heavy atom. The number of nitrogens with one attached hydrogen (secondary N) is 1. The van der Waals surface area contributed by atoms with Crippen molar-refractivity contribution in [3.63, 3.8) is 0 Å². The highest BCUT2D eigenvalue weighted by atomic mass is 32.1. The van der Waals surface area contributed by atoms with Crippen LogP contribution in [0.4, 0.5) is 0 Å². The number of aliphatic imine (C=N–C) groups is 1. The zero-order valence-electron chi connectivity index (χ0n) is 13.8. The third kappa shape index (κ3) is 4.59. The third-order valence-corrected chi connectivity index (χ3v) is 4.20. The van der Waals surface area contributed by atoms with Gasteiger partial charge in [0.05, 0.1) is 6.20 Å². The standard InChI is InChI=1S/C16H25N5S/c1-5-17-16(18-8-13(2)15-6-7-22-12-15)20(3)10-14-9-19-21(4)11-14/h6-7,9,11-13H,5,8,10H2,1-4H3,(H,17,18). The van der Waals surface area contributed by atoms with Crippen LogP contribution in [0.25, 0.3) is 0 Å².